The summed E-state index contributed by atoms with van der Waals surface area (Å²) in [5, 5.41) is 13.4. The third-order valence-corrected chi connectivity index (χ3v) is 8.28. The van der Waals surface area contributed by atoms with E-state index in [1.807, 2.05) is 22.9 Å². The molecule has 0 bridgehead atoms. The maximum Gasteiger partial charge on any atom is 0.288 e. The fourth-order valence-electron chi connectivity index (χ4n) is 3.68. The molecule has 0 radical (unpaired) electrons. The molecule has 1 saturated heterocycles. The zero-order valence-electron chi connectivity index (χ0n) is 18.8. The molecule has 4 rings (SSSR count). The Kier molecular flexibility index (Phi) is 7.89. The number of sulfonamides is 1. The van der Waals surface area contributed by atoms with Gasteiger partial charge in [0.1, 0.15) is 5.75 Å². The number of aliphatic hydroxyl groups is 1. The lowest BCUT2D eigenvalue weighted by Gasteiger charge is -2.29. The third-order valence-electron chi connectivity index (χ3n) is 5.66. The molecule has 2 aliphatic heterocycles. The van der Waals surface area contributed by atoms with Crippen LogP contribution in [0, 0.1) is 0 Å². The van der Waals surface area contributed by atoms with Crippen LogP contribution in [0.2, 0.25) is 0 Å². The Labute approximate surface area is 203 Å². The van der Waals surface area contributed by atoms with Crippen LogP contribution >= 0.6 is 11.3 Å². The highest BCUT2D eigenvalue weighted by molar-refractivity contribution is 7.89. The third kappa shape index (κ3) is 5.78. The normalized spacial score (nSPS) is 20.1. The largest absolute Gasteiger partial charge is 0.497 e. The number of hydrogen-bond donors (Lipinski definition) is 1. The van der Waals surface area contributed by atoms with Crippen molar-refractivity contribution in [2.75, 3.05) is 46.5 Å². The van der Waals surface area contributed by atoms with Crippen LogP contribution in [0.5, 0.6) is 5.75 Å². The van der Waals surface area contributed by atoms with Gasteiger partial charge >= 0.3 is 0 Å². The molecular formula is C23H28N2O7S2. The number of carbonyl (C=O) groups is 1. The second-order valence-electron chi connectivity index (χ2n) is 7.94. The van der Waals surface area contributed by atoms with Gasteiger partial charge in [-0.05, 0) is 52.7 Å². The van der Waals surface area contributed by atoms with E-state index in [2.05, 4.69) is 0 Å². The molecule has 1 aromatic heterocycles. The van der Waals surface area contributed by atoms with Crippen LogP contribution in [0.15, 0.2) is 57.8 Å². The molecule has 2 aromatic rings. The summed E-state index contributed by atoms with van der Waals surface area (Å²) in [5.41, 5.74) is 1.09. The number of thiophene rings is 1. The standard InChI is InChI=1S/C23H28N2O7S2/c1-30-19-2-4-20(5-3-19)34(28,29)25(9-11-26)10-12-31-22-15-18(17-6-13-33-16-17)14-21(32-22)23(27)24-7-8-24/h2-6,13-14,16,18,22,26H,7-12,15H2,1H3/t18-,22+/m1/s1. The number of carbonyl (C=O) groups excluding carboxylic acids is 1. The number of nitrogens with zero attached hydrogens (tertiary/aromatic N) is 2. The van der Waals surface area contributed by atoms with Crippen molar-refractivity contribution in [2.45, 2.75) is 23.5 Å². The van der Waals surface area contributed by atoms with Crippen LogP contribution in [-0.4, -0.2) is 81.4 Å². The molecule has 1 amide bonds. The molecule has 11 heteroatoms. The first-order chi connectivity index (χ1) is 16.4. The fourth-order valence-corrected chi connectivity index (χ4v) is 5.82. The van der Waals surface area contributed by atoms with Crippen LogP contribution < -0.4 is 4.74 Å². The van der Waals surface area contributed by atoms with Crippen molar-refractivity contribution in [3.63, 3.8) is 0 Å². The Morgan fingerprint density at radius 3 is 2.62 bits per heavy atom. The van der Waals surface area contributed by atoms with E-state index in [1.54, 1.807) is 28.4 Å². The minimum Gasteiger partial charge on any atom is -0.497 e. The number of allylic oxidation sites excluding steroid dienone is 1. The molecule has 0 aliphatic carbocycles. The molecule has 2 atom stereocenters. The molecule has 3 heterocycles. The highest BCUT2D eigenvalue weighted by Crippen LogP contribution is 2.33. The van der Waals surface area contributed by atoms with E-state index in [0.29, 0.717) is 25.3 Å². The molecule has 9 nitrogen and oxygen atoms in total. The molecule has 1 fully saturated rings. The van der Waals surface area contributed by atoms with Gasteiger partial charge < -0.3 is 24.2 Å². The van der Waals surface area contributed by atoms with Gasteiger partial charge in [-0.3, -0.25) is 4.79 Å². The van der Waals surface area contributed by atoms with E-state index in [1.165, 1.54) is 23.5 Å². The second kappa shape index (κ2) is 10.9. The van der Waals surface area contributed by atoms with E-state index in [4.69, 9.17) is 14.2 Å². The Bertz CT molecular complexity index is 1100. The summed E-state index contributed by atoms with van der Waals surface area (Å²) in [6, 6.07) is 8.08. The maximum absolute atomic E-state index is 13.1. The first-order valence-electron chi connectivity index (χ1n) is 11.0. The van der Waals surface area contributed by atoms with Crippen LogP contribution in [0.25, 0.3) is 0 Å². The quantitative estimate of drug-likeness (QED) is 0.463. The van der Waals surface area contributed by atoms with Gasteiger partial charge in [-0.25, -0.2) is 8.42 Å². The van der Waals surface area contributed by atoms with Gasteiger partial charge in [0.25, 0.3) is 5.91 Å². The van der Waals surface area contributed by atoms with Gasteiger partial charge in [-0.15, -0.1) is 0 Å². The van der Waals surface area contributed by atoms with Crippen LogP contribution in [0.4, 0.5) is 0 Å². The SMILES string of the molecule is COc1ccc(S(=O)(=O)N(CCO)CCO[C@@H]2C[C@H](c3ccsc3)C=C(C(=O)N3CC3)O2)cc1. The average Bonchev–Trinajstić information content (AvgIpc) is 3.56. The van der Waals surface area contributed by atoms with Gasteiger partial charge in [0, 0.05) is 38.5 Å². The Morgan fingerprint density at radius 2 is 2.00 bits per heavy atom. The molecule has 1 aromatic carbocycles. The van der Waals surface area contributed by atoms with Gasteiger partial charge in [-0.1, -0.05) is 0 Å². The molecular weight excluding hydrogens is 480 g/mol. The fraction of sp³-hybridized carbons (Fsp3) is 0.435. The van der Waals surface area contributed by atoms with Crippen molar-refractivity contribution in [2.24, 2.45) is 0 Å². The Morgan fingerprint density at radius 1 is 1.24 bits per heavy atom. The molecule has 2 aliphatic rings. The van der Waals surface area contributed by atoms with Crippen LogP contribution in [0.1, 0.15) is 17.9 Å². The Hall–Kier alpha value is -2.44. The van der Waals surface area contributed by atoms with Crippen molar-refractivity contribution in [3.8, 4) is 5.75 Å². The lowest BCUT2D eigenvalue weighted by Crippen LogP contribution is -2.37. The topological polar surface area (TPSA) is 105 Å². The summed E-state index contributed by atoms with van der Waals surface area (Å²) in [4.78, 5) is 14.4. The monoisotopic (exact) mass is 508 g/mol. The van der Waals surface area contributed by atoms with E-state index in [0.717, 1.165) is 5.56 Å². The van der Waals surface area contributed by atoms with Gasteiger partial charge in [0.15, 0.2) is 5.76 Å². The summed E-state index contributed by atoms with van der Waals surface area (Å²) in [7, 11) is -2.33. The lowest BCUT2D eigenvalue weighted by molar-refractivity contribution is -0.149. The van der Waals surface area contributed by atoms with Gasteiger partial charge in [0.2, 0.25) is 16.3 Å². The summed E-state index contributed by atoms with van der Waals surface area (Å²) in [5.74, 6) is 0.632. The molecule has 34 heavy (non-hydrogen) atoms. The van der Waals surface area contributed by atoms with E-state index >= 15 is 0 Å². The van der Waals surface area contributed by atoms with E-state index in [9.17, 15) is 18.3 Å². The van der Waals surface area contributed by atoms with Crippen molar-refractivity contribution in [1.82, 2.24) is 9.21 Å². The number of benzene rings is 1. The highest BCUT2D eigenvalue weighted by Gasteiger charge is 2.34. The van der Waals surface area contributed by atoms with Gasteiger partial charge in [0.05, 0.1) is 25.2 Å². The average molecular weight is 509 g/mol. The van der Waals surface area contributed by atoms with Crippen molar-refractivity contribution in [1.29, 1.82) is 0 Å². The summed E-state index contributed by atoms with van der Waals surface area (Å²) in [6.07, 6.45) is 1.67. The number of rotatable bonds is 11. The van der Waals surface area contributed by atoms with Crippen molar-refractivity contribution in [3.05, 3.63) is 58.5 Å². The van der Waals surface area contributed by atoms with E-state index in [-0.39, 0.29) is 48.8 Å². The minimum absolute atomic E-state index is 0.0248. The predicted octanol–water partition coefficient (Wildman–Crippen LogP) is 2.01. The van der Waals surface area contributed by atoms with Gasteiger partial charge in [-0.2, -0.15) is 15.6 Å². The number of hydrogen-bond acceptors (Lipinski definition) is 8. The first kappa shape index (κ1) is 24.7. The molecule has 0 unspecified atom stereocenters. The molecule has 184 valence electrons. The summed E-state index contributed by atoms with van der Waals surface area (Å²) >= 11 is 1.58. The smallest absolute Gasteiger partial charge is 0.288 e. The van der Waals surface area contributed by atoms with Crippen LogP contribution in [0.3, 0.4) is 0 Å². The summed E-state index contributed by atoms with van der Waals surface area (Å²) < 4.78 is 44.1. The molecule has 1 N–H and O–H groups in total. The number of ether oxygens (including phenoxy) is 3. The zero-order chi connectivity index (χ0) is 24.1. The Balaban J connectivity index is 1.41. The number of methoxy groups -OCH3 is 1. The molecule has 0 spiro atoms. The zero-order valence-corrected chi connectivity index (χ0v) is 20.5. The maximum atomic E-state index is 13.1. The summed E-state index contributed by atoms with van der Waals surface area (Å²) in [6.45, 7) is 1.10. The van der Waals surface area contributed by atoms with Crippen LogP contribution in [-0.2, 0) is 24.3 Å². The van der Waals surface area contributed by atoms with Crippen molar-refractivity contribution < 1.29 is 32.5 Å². The second-order valence-corrected chi connectivity index (χ2v) is 10.7. The lowest BCUT2D eigenvalue weighted by atomic mass is 9.95. The number of aliphatic hydroxyl groups excluding tert-OH is 1. The first-order valence-corrected chi connectivity index (χ1v) is 13.4. The number of amides is 1. The molecule has 0 saturated carbocycles. The van der Waals surface area contributed by atoms with Crippen molar-refractivity contribution >= 4 is 27.3 Å². The highest BCUT2D eigenvalue weighted by atomic mass is 32.2. The predicted molar refractivity (Wildman–Crippen MR) is 126 cm³/mol. The minimum atomic E-state index is -3.84. The van der Waals surface area contributed by atoms with E-state index < -0.39 is 16.3 Å².